The van der Waals surface area contributed by atoms with Crippen molar-refractivity contribution in [2.75, 3.05) is 13.2 Å². The number of primary amides is 2. The number of aromatic nitrogens is 10. The van der Waals surface area contributed by atoms with E-state index in [0.717, 1.165) is 73.5 Å². The summed E-state index contributed by atoms with van der Waals surface area (Å²) in [6.07, 6.45) is -4.25. The second kappa shape index (κ2) is 48.1. The molecule has 42 heteroatoms. The Kier molecular flexibility index (Phi) is 38.6. The van der Waals surface area contributed by atoms with Gasteiger partial charge in [0.2, 0.25) is 0 Å². The van der Waals surface area contributed by atoms with Gasteiger partial charge >= 0.3 is 42.6 Å². The second-order valence-corrected chi connectivity index (χ2v) is 33.0. The molecule has 0 radical (unpaired) electrons. The average molecular weight is 1980 g/mol. The highest BCUT2D eigenvalue weighted by Gasteiger charge is 2.45. The maximum Gasteiger partial charge on any atom is 0.435 e. The van der Waals surface area contributed by atoms with Gasteiger partial charge in [0.25, 0.3) is 11.8 Å². The van der Waals surface area contributed by atoms with Crippen molar-refractivity contribution in [3.05, 3.63) is 246 Å². The smallest absolute Gasteiger partial charge is 0.435 e. The van der Waals surface area contributed by atoms with Gasteiger partial charge in [0.15, 0.2) is 28.6 Å². The molecule has 4 aliphatic rings. The third-order valence-electron chi connectivity index (χ3n) is 22.6. The van der Waals surface area contributed by atoms with Crippen LogP contribution in [0.2, 0.25) is 0 Å². The zero-order valence-electron chi connectivity index (χ0n) is 74.2. The van der Waals surface area contributed by atoms with Gasteiger partial charge in [-0.1, -0.05) is 67.9 Å². The number of Topliss-reactive ketones (excluding diaryl/α,β-unsaturated/α-hetero) is 1. The number of benzene rings is 4. The van der Waals surface area contributed by atoms with Crippen molar-refractivity contribution in [1.29, 1.82) is 0 Å². The quantitative estimate of drug-likeness (QED) is 0.0202. The first-order valence-electron chi connectivity index (χ1n) is 43.4. The van der Waals surface area contributed by atoms with Gasteiger partial charge in [-0.15, -0.1) is 0 Å². The summed E-state index contributed by atoms with van der Waals surface area (Å²) < 4.78 is 253. The molecule has 4 unspecified atom stereocenters. The predicted octanol–water partition coefficient (Wildman–Crippen LogP) is 20.1. The second-order valence-electron chi connectivity index (χ2n) is 31.9. The molecule has 0 bridgehead atoms. The van der Waals surface area contributed by atoms with Crippen molar-refractivity contribution in [3.8, 4) is 22.3 Å². The van der Waals surface area contributed by atoms with E-state index in [1.54, 1.807) is 58.9 Å². The summed E-state index contributed by atoms with van der Waals surface area (Å²) in [5.74, 6) is -9.56. The Hall–Kier alpha value is -11.8. The van der Waals surface area contributed by atoms with Crippen molar-refractivity contribution in [3.63, 3.8) is 0 Å². The lowest BCUT2D eigenvalue weighted by molar-refractivity contribution is -0.149. The molecule has 0 spiro atoms. The third kappa shape index (κ3) is 28.0. The van der Waals surface area contributed by atoms with Crippen molar-refractivity contribution in [1.82, 2.24) is 49.5 Å². The topological polar surface area (TPSA) is 359 Å². The molecule has 0 saturated carbocycles. The number of amides is 2. The van der Waals surface area contributed by atoms with Crippen LogP contribution in [0.15, 0.2) is 109 Å². The molecule has 6 heterocycles. The number of fused-ring (bicyclic) bond motifs is 4. The zero-order valence-corrected chi connectivity index (χ0v) is 75.8. The standard InChI is InChI=1S/C33H30F6N4O2.C20H16F3N3O.C14H19F3N2O2.C12H15F3N2O2.C8H9F3N2.C6H11BrO2.H2O/c1-2-27(43-28-8-4-3-6-24(28)31(42-43)33(37,38)39)29(44)16-20(12-18-13-21(34)17-22(35)14-18)30-23(7-5-11-41-30)19-9-10-26(36)25(15-19)32(40)45;21-13-6-11(7-14(22)10-13)8-18(24)19-15(2-1-5-26-19)12-3-4-17(23)16(9-12)20(25)27;1-3-10(13(20)21-4-2)19-11-8-6-5-7-9(11)12(18-19)14(15,16)17;1-2-8(11(18)19)17-9-6-4-3-5-7(9)10(16-17)12(13,14)15;9-8(10,11)7-5-3-1-2-4-6(5)12-13-7;1-3-5(7)6(8)9-4-2;/h5,7,9-11,13-15,17,20,27H,2-4,6,8,12,16H2,1H3,(H2,40,45);1-7,9-10,18H,8,24H2,(H2,25,27);10H,3-8H2,1-2H3;8H,2-6H2,1H3,(H,18,19);1-4H2,(H,12,13);5H,3-4H2,1-2H3;1H2/t20-,27?;18-;;;;;/m10...../s1. The average Bonchev–Trinajstić information content (AvgIpc) is 1.56. The van der Waals surface area contributed by atoms with Crippen LogP contribution in [0, 0.1) is 34.9 Å². The largest absolute Gasteiger partial charge is 0.480 e. The summed E-state index contributed by atoms with van der Waals surface area (Å²) in [7, 11) is 0. The van der Waals surface area contributed by atoms with Crippen LogP contribution in [0.5, 0.6) is 0 Å². The van der Waals surface area contributed by atoms with Crippen LogP contribution in [0.3, 0.4) is 0 Å². The molecule has 4 aliphatic carbocycles. The Morgan fingerprint density at radius 3 is 1.22 bits per heavy atom. The first-order valence-corrected chi connectivity index (χ1v) is 44.3. The number of carboxylic acid groups (broad SMARTS) is 1. The number of halogens is 19. The highest BCUT2D eigenvalue weighted by Crippen LogP contribution is 2.44. The number of aliphatic carboxylic acids is 1. The number of nitrogens with one attached hydrogen (secondary N) is 1. The van der Waals surface area contributed by atoms with Crippen molar-refractivity contribution in [2.45, 2.75) is 249 Å². The van der Waals surface area contributed by atoms with E-state index in [1.807, 2.05) is 6.92 Å². The summed E-state index contributed by atoms with van der Waals surface area (Å²) >= 11 is 3.17. The molecular weight excluding hydrogens is 1880 g/mol. The minimum absolute atomic E-state index is 0. The van der Waals surface area contributed by atoms with E-state index in [2.05, 4.69) is 51.4 Å². The van der Waals surface area contributed by atoms with E-state index >= 15 is 0 Å². The highest BCUT2D eigenvalue weighted by molar-refractivity contribution is 9.10. The van der Waals surface area contributed by atoms with Crippen molar-refractivity contribution >= 4 is 51.4 Å². The molecule has 732 valence electrons. The number of ether oxygens (including phenoxy) is 2. The number of pyridine rings is 2. The molecule has 6 aromatic heterocycles. The molecule has 0 fully saturated rings. The lowest BCUT2D eigenvalue weighted by Crippen LogP contribution is -2.25. The number of ketones is 1. The maximum absolute atomic E-state index is 14.3. The van der Waals surface area contributed by atoms with Gasteiger partial charge < -0.3 is 37.3 Å². The Labute approximate surface area is 772 Å². The van der Waals surface area contributed by atoms with Gasteiger partial charge in [-0.25, -0.2) is 35.9 Å². The number of nitrogens with two attached hydrogens (primary N) is 3. The Morgan fingerprint density at radius 1 is 0.459 bits per heavy atom. The number of rotatable bonds is 25. The number of hydrogen-bond acceptors (Lipinski definition) is 15. The first-order chi connectivity index (χ1) is 63.3. The number of aromatic amines is 1. The van der Waals surface area contributed by atoms with E-state index in [9.17, 15) is 108 Å². The number of aryl methyl sites for hydroxylation is 1. The van der Waals surface area contributed by atoms with E-state index in [0.29, 0.717) is 151 Å². The predicted molar refractivity (Wildman–Crippen MR) is 463 cm³/mol. The fourth-order valence-electron chi connectivity index (χ4n) is 16.6. The molecule has 14 rings (SSSR count). The number of alkyl halides is 13. The van der Waals surface area contributed by atoms with Crippen LogP contribution in [0.25, 0.3) is 22.3 Å². The molecule has 4 aromatic carbocycles. The van der Waals surface area contributed by atoms with Crippen LogP contribution in [0.4, 0.5) is 79.0 Å². The molecule has 0 saturated heterocycles. The van der Waals surface area contributed by atoms with E-state index < -0.39 is 142 Å². The lowest BCUT2D eigenvalue weighted by atomic mass is 9.85. The minimum Gasteiger partial charge on any atom is -0.480 e. The molecule has 23 nitrogen and oxygen atoms in total. The molecule has 2 amide bonds. The highest BCUT2D eigenvalue weighted by atomic mass is 79.9. The van der Waals surface area contributed by atoms with Crippen molar-refractivity contribution < 1.29 is 128 Å². The van der Waals surface area contributed by atoms with E-state index in [-0.39, 0.29) is 94.8 Å². The molecule has 0 aliphatic heterocycles. The van der Waals surface area contributed by atoms with Gasteiger partial charge in [-0.3, -0.25) is 48.3 Å². The number of H-pyrrole nitrogens is 1. The number of hydrogen-bond donors (Lipinski definition) is 5. The Morgan fingerprint density at radius 2 is 0.830 bits per heavy atom. The minimum atomic E-state index is -4.68. The molecule has 135 heavy (non-hydrogen) atoms. The zero-order chi connectivity index (χ0) is 98.6. The summed E-state index contributed by atoms with van der Waals surface area (Å²) in [4.78, 5) is 79.7. The number of carbonyl (C=O) groups excluding carboxylic acids is 5. The molecule has 6 atom stereocenters. The number of carbonyl (C=O) groups is 6. The van der Waals surface area contributed by atoms with Crippen LogP contribution in [0.1, 0.15) is 266 Å². The number of esters is 2. The lowest BCUT2D eigenvalue weighted by Gasteiger charge is -2.24. The van der Waals surface area contributed by atoms with Crippen LogP contribution in [-0.2, 0) is 118 Å². The van der Waals surface area contributed by atoms with Crippen LogP contribution < -0.4 is 17.2 Å². The summed E-state index contributed by atoms with van der Waals surface area (Å²) in [5.41, 5.74) is 18.9. The van der Waals surface area contributed by atoms with E-state index in [1.165, 1.54) is 58.2 Å². The van der Waals surface area contributed by atoms with E-state index in [4.69, 9.17) is 31.8 Å². The fraction of sp³-hybridized carbons (Fsp3) is 0.441. The van der Waals surface area contributed by atoms with Gasteiger partial charge in [-0.2, -0.15) is 73.1 Å². The maximum atomic E-state index is 14.3. The molecule has 10 aromatic rings. The monoisotopic (exact) mass is 1980 g/mol. The van der Waals surface area contributed by atoms with Crippen LogP contribution >= 0.6 is 15.9 Å². The number of carboxylic acids is 1. The fourth-order valence-corrected chi connectivity index (χ4v) is 16.7. The van der Waals surface area contributed by atoms with Gasteiger partial charge in [0.1, 0.15) is 57.9 Å². The van der Waals surface area contributed by atoms with Gasteiger partial charge in [0, 0.05) is 93.0 Å². The summed E-state index contributed by atoms with van der Waals surface area (Å²) in [5, 5.41) is 26.1. The molecule has 10 N–H and O–H groups in total. The first kappa shape index (κ1) is 109. The van der Waals surface area contributed by atoms with Crippen LogP contribution in [-0.4, -0.2) is 114 Å². The summed E-state index contributed by atoms with van der Waals surface area (Å²) in [6, 6.07) is 16.9. The molecular formula is C93H102BrF18N13O10. The Balaban J connectivity index is 0.000000214. The SMILES string of the molecule is CCC(C(=O)C[C@@H](Cc1cc(F)cc(F)c1)c1ncccc1-c1ccc(F)c(C(N)=O)c1)n1nc(C(F)(F)F)c2c1CCCC2.CCC(C(=O)O)n1nc(C(F)(F)F)c2c1CCCC2.CCOC(=O)C(Br)CC.CCOC(=O)C(CC)n1nc(C(F)(F)F)c2c1CCCC2.FC(F)(F)c1n[nH]c2c1CCCC2.NC(=O)c1cc(-c2cccnc2[C@@H](N)Cc2cc(F)cc(F)c2)ccc1F.O. The normalized spacial score (nSPS) is 14.7. The summed E-state index contributed by atoms with van der Waals surface area (Å²) in [6.45, 7) is 11.1. The number of nitrogens with zero attached hydrogens (tertiary/aromatic N) is 9. The van der Waals surface area contributed by atoms with Gasteiger partial charge in [-0.05, 0) is 238 Å². The van der Waals surface area contributed by atoms with Crippen molar-refractivity contribution in [2.24, 2.45) is 17.2 Å². The van der Waals surface area contributed by atoms with Gasteiger partial charge in [0.05, 0.1) is 41.8 Å². The third-order valence-corrected chi connectivity index (χ3v) is 23.7. The Bertz CT molecular complexity index is 5730.